The van der Waals surface area contributed by atoms with Crippen molar-refractivity contribution < 1.29 is 0 Å². The van der Waals surface area contributed by atoms with Crippen LogP contribution in [0.5, 0.6) is 0 Å². The monoisotopic (exact) mass is 378 g/mol. The normalized spacial score (nSPS) is 16.0. The summed E-state index contributed by atoms with van der Waals surface area (Å²) in [5.74, 6) is 0.771. The summed E-state index contributed by atoms with van der Waals surface area (Å²) in [6.07, 6.45) is 2.52. The Hall–Kier alpha value is -1.87. The standard InChI is InChI=1S/C24H27ClN2/c25-24-8-4-3-7-23(24)18-27-13-11-19(12-14-27)16-26-17-20-9-10-21-5-1-2-6-22(21)15-20/h1-10,15,19,26H,11-14,16-18H2. The molecule has 3 aromatic rings. The number of nitrogens with one attached hydrogen (secondary N) is 1. The molecule has 0 spiro atoms. The van der Waals surface area contributed by atoms with Crippen LogP contribution < -0.4 is 5.32 Å². The Bertz CT molecular complexity index is 884. The summed E-state index contributed by atoms with van der Waals surface area (Å²) in [5, 5.41) is 7.19. The second-order valence-electron chi connectivity index (χ2n) is 7.62. The van der Waals surface area contributed by atoms with E-state index in [1.807, 2.05) is 12.1 Å². The molecule has 140 valence electrons. The number of nitrogens with zero attached hydrogens (tertiary/aromatic N) is 1. The van der Waals surface area contributed by atoms with Gasteiger partial charge < -0.3 is 5.32 Å². The topological polar surface area (TPSA) is 15.3 Å². The smallest absolute Gasteiger partial charge is 0.0451 e. The van der Waals surface area contributed by atoms with Crippen molar-refractivity contribution in [3.63, 3.8) is 0 Å². The lowest BCUT2D eigenvalue weighted by atomic mass is 9.96. The maximum absolute atomic E-state index is 6.30. The van der Waals surface area contributed by atoms with E-state index in [4.69, 9.17) is 11.6 Å². The van der Waals surface area contributed by atoms with Gasteiger partial charge in [-0.05, 0) is 72.4 Å². The van der Waals surface area contributed by atoms with Gasteiger partial charge in [0, 0.05) is 18.1 Å². The molecule has 1 heterocycles. The minimum atomic E-state index is 0.771. The molecular weight excluding hydrogens is 352 g/mol. The van der Waals surface area contributed by atoms with Crippen molar-refractivity contribution in [2.75, 3.05) is 19.6 Å². The van der Waals surface area contributed by atoms with E-state index in [9.17, 15) is 0 Å². The number of hydrogen-bond donors (Lipinski definition) is 1. The Morgan fingerprint density at radius 1 is 0.889 bits per heavy atom. The van der Waals surface area contributed by atoms with Gasteiger partial charge in [0.05, 0.1) is 0 Å². The van der Waals surface area contributed by atoms with Crippen molar-refractivity contribution in [2.45, 2.75) is 25.9 Å². The summed E-state index contributed by atoms with van der Waals surface area (Å²) in [6, 6.07) is 23.5. The third kappa shape index (κ3) is 4.90. The summed E-state index contributed by atoms with van der Waals surface area (Å²) in [6.45, 7) is 5.34. The van der Waals surface area contributed by atoms with E-state index in [0.717, 1.165) is 43.7 Å². The number of benzene rings is 3. The SMILES string of the molecule is Clc1ccccc1CN1CCC(CNCc2ccc3ccccc3c2)CC1. The molecule has 4 rings (SSSR count). The molecule has 1 saturated heterocycles. The highest BCUT2D eigenvalue weighted by molar-refractivity contribution is 6.31. The van der Waals surface area contributed by atoms with Gasteiger partial charge in [0.15, 0.2) is 0 Å². The van der Waals surface area contributed by atoms with E-state index in [2.05, 4.69) is 64.8 Å². The van der Waals surface area contributed by atoms with Gasteiger partial charge in [-0.15, -0.1) is 0 Å². The fraction of sp³-hybridized carbons (Fsp3) is 0.333. The number of halogens is 1. The van der Waals surface area contributed by atoms with Crippen LogP contribution in [0.25, 0.3) is 10.8 Å². The van der Waals surface area contributed by atoms with E-state index in [1.165, 1.54) is 34.7 Å². The molecule has 0 aromatic heterocycles. The third-order valence-corrected chi connectivity index (χ3v) is 6.00. The lowest BCUT2D eigenvalue weighted by Crippen LogP contribution is -2.36. The quantitative estimate of drug-likeness (QED) is 0.609. The Kier molecular flexibility index (Phi) is 6.08. The van der Waals surface area contributed by atoms with Crippen LogP contribution in [0.1, 0.15) is 24.0 Å². The van der Waals surface area contributed by atoms with Crippen LogP contribution in [0.3, 0.4) is 0 Å². The minimum absolute atomic E-state index is 0.771. The number of likely N-dealkylation sites (tertiary alicyclic amines) is 1. The van der Waals surface area contributed by atoms with Crippen molar-refractivity contribution in [2.24, 2.45) is 5.92 Å². The summed E-state index contributed by atoms with van der Waals surface area (Å²) in [7, 11) is 0. The summed E-state index contributed by atoms with van der Waals surface area (Å²) >= 11 is 6.30. The van der Waals surface area contributed by atoms with Crippen molar-refractivity contribution in [1.82, 2.24) is 10.2 Å². The highest BCUT2D eigenvalue weighted by atomic mass is 35.5. The Morgan fingerprint density at radius 2 is 1.63 bits per heavy atom. The van der Waals surface area contributed by atoms with Gasteiger partial charge in [0.1, 0.15) is 0 Å². The van der Waals surface area contributed by atoms with Crippen molar-refractivity contribution >= 4 is 22.4 Å². The van der Waals surface area contributed by atoms with E-state index >= 15 is 0 Å². The average Bonchev–Trinajstić information content (AvgIpc) is 2.71. The molecule has 0 saturated carbocycles. The first-order valence-electron chi connectivity index (χ1n) is 9.92. The van der Waals surface area contributed by atoms with E-state index in [0.29, 0.717) is 0 Å². The molecule has 0 radical (unpaired) electrons. The van der Waals surface area contributed by atoms with Crippen molar-refractivity contribution in [1.29, 1.82) is 0 Å². The first kappa shape index (κ1) is 18.5. The molecule has 27 heavy (non-hydrogen) atoms. The molecule has 1 aliphatic heterocycles. The number of fused-ring (bicyclic) bond motifs is 1. The fourth-order valence-electron chi connectivity index (χ4n) is 3.99. The molecule has 3 aromatic carbocycles. The number of rotatable bonds is 6. The maximum Gasteiger partial charge on any atom is 0.0451 e. The molecule has 1 fully saturated rings. The maximum atomic E-state index is 6.30. The van der Waals surface area contributed by atoms with Crippen LogP contribution in [0.15, 0.2) is 66.7 Å². The lowest BCUT2D eigenvalue weighted by Gasteiger charge is -2.32. The van der Waals surface area contributed by atoms with Gasteiger partial charge in [-0.2, -0.15) is 0 Å². The Balaban J connectivity index is 1.22. The van der Waals surface area contributed by atoms with Gasteiger partial charge in [-0.25, -0.2) is 0 Å². The van der Waals surface area contributed by atoms with Gasteiger partial charge in [0.25, 0.3) is 0 Å². The predicted molar refractivity (Wildman–Crippen MR) is 115 cm³/mol. The molecule has 1 N–H and O–H groups in total. The molecule has 3 heteroatoms. The molecule has 1 aliphatic rings. The van der Waals surface area contributed by atoms with Crippen LogP contribution in [-0.4, -0.2) is 24.5 Å². The molecule has 0 atom stereocenters. The van der Waals surface area contributed by atoms with Crippen LogP contribution >= 0.6 is 11.6 Å². The molecule has 0 aliphatic carbocycles. The third-order valence-electron chi connectivity index (χ3n) is 5.63. The molecule has 0 bridgehead atoms. The predicted octanol–water partition coefficient (Wildman–Crippen LogP) is 5.50. The summed E-state index contributed by atoms with van der Waals surface area (Å²) in [4.78, 5) is 2.53. The zero-order valence-corrected chi connectivity index (χ0v) is 16.5. The van der Waals surface area contributed by atoms with Crippen molar-refractivity contribution in [3.05, 3.63) is 82.9 Å². The summed E-state index contributed by atoms with van der Waals surface area (Å²) < 4.78 is 0. The lowest BCUT2D eigenvalue weighted by molar-refractivity contribution is 0.175. The average molecular weight is 379 g/mol. The minimum Gasteiger partial charge on any atom is -0.312 e. The molecule has 0 unspecified atom stereocenters. The summed E-state index contributed by atoms with van der Waals surface area (Å²) in [5.41, 5.74) is 2.61. The van der Waals surface area contributed by atoms with Crippen LogP contribution in [0.2, 0.25) is 5.02 Å². The fourth-order valence-corrected chi connectivity index (χ4v) is 4.18. The van der Waals surface area contributed by atoms with E-state index in [-0.39, 0.29) is 0 Å². The Labute approximate surface area is 167 Å². The first-order chi connectivity index (χ1) is 13.3. The Morgan fingerprint density at radius 3 is 2.44 bits per heavy atom. The highest BCUT2D eigenvalue weighted by Gasteiger charge is 2.19. The number of piperidine rings is 1. The molecular formula is C24H27ClN2. The molecule has 0 amide bonds. The van der Waals surface area contributed by atoms with E-state index < -0.39 is 0 Å². The van der Waals surface area contributed by atoms with Crippen LogP contribution in [-0.2, 0) is 13.1 Å². The van der Waals surface area contributed by atoms with Gasteiger partial charge in [-0.3, -0.25) is 4.90 Å². The van der Waals surface area contributed by atoms with Crippen molar-refractivity contribution in [3.8, 4) is 0 Å². The second kappa shape index (κ2) is 8.88. The highest BCUT2D eigenvalue weighted by Crippen LogP contribution is 2.22. The van der Waals surface area contributed by atoms with Crippen LogP contribution in [0, 0.1) is 5.92 Å². The van der Waals surface area contributed by atoms with Crippen LogP contribution in [0.4, 0.5) is 0 Å². The first-order valence-corrected chi connectivity index (χ1v) is 10.3. The van der Waals surface area contributed by atoms with E-state index in [1.54, 1.807) is 0 Å². The van der Waals surface area contributed by atoms with Gasteiger partial charge >= 0.3 is 0 Å². The number of hydrogen-bond acceptors (Lipinski definition) is 2. The van der Waals surface area contributed by atoms with Gasteiger partial charge in [-0.1, -0.05) is 66.2 Å². The zero-order valence-electron chi connectivity index (χ0n) is 15.7. The second-order valence-corrected chi connectivity index (χ2v) is 8.03. The molecule has 2 nitrogen and oxygen atoms in total. The zero-order chi connectivity index (χ0) is 18.5. The largest absolute Gasteiger partial charge is 0.312 e. The van der Waals surface area contributed by atoms with Gasteiger partial charge in [0.2, 0.25) is 0 Å².